The number of nitrogens with zero attached hydrogens (tertiary/aromatic N) is 1. The number of benzene rings is 1. The molecule has 0 atom stereocenters. The summed E-state index contributed by atoms with van der Waals surface area (Å²) in [5.41, 5.74) is -0.707. The Morgan fingerprint density at radius 3 is 2.43 bits per heavy atom. The molecule has 0 saturated carbocycles. The monoisotopic (exact) mass is 354 g/mol. The minimum atomic E-state index is -4.51. The predicted molar refractivity (Wildman–Crippen MR) is 85.2 cm³/mol. The summed E-state index contributed by atoms with van der Waals surface area (Å²) < 4.78 is 52.1. The largest absolute Gasteiger partial charge is 0.416 e. The van der Waals surface area contributed by atoms with Gasteiger partial charge in [0.15, 0.2) is 0 Å². The van der Waals surface area contributed by atoms with Gasteiger partial charge in [0.2, 0.25) is 0 Å². The molecule has 0 radical (unpaired) electrons. The van der Waals surface area contributed by atoms with Gasteiger partial charge in [-0.2, -0.15) is 13.2 Å². The lowest BCUT2D eigenvalue weighted by Crippen LogP contribution is -2.37. The van der Waals surface area contributed by atoms with E-state index in [4.69, 9.17) is 0 Å². The normalized spacial score (nSPS) is 17.1. The van der Waals surface area contributed by atoms with Gasteiger partial charge >= 0.3 is 6.18 Å². The number of rotatable bonds is 5. The molecule has 2 rings (SSSR count). The van der Waals surface area contributed by atoms with Crippen molar-refractivity contribution in [2.75, 3.05) is 26.2 Å². The summed E-state index contributed by atoms with van der Waals surface area (Å²) in [6.07, 6.45) is -2.55. The molecule has 0 unspecified atom stereocenters. The molecule has 132 valence electrons. The molecule has 1 aliphatic heterocycles. The third-order valence-corrected chi connectivity index (χ3v) is 4.16. The number of hydrogen-bond acceptors (Lipinski definition) is 2. The molecule has 0 amide bonds. The predicted octanol–water partition coefficient (Wildman–Crippen LogP) is 4.09. The Labute approximate surface area is 140 Å². The first-order chi connectivity index (χ1) is 10.4. The fourth-order valence-electron chi connectivity index (χ4n) is 2.89. The van der Waals surface area contributed by atoms with Crippen LogP contribution in [-0.4, -0.2) is 31.1 Å². The molecular weight excluding hydrogens is 332 g/mol. The summed E-state index contributed by atoms with van der Waals surface area (Å²) in [5, 5.41) is 3.31. The zero-order valence-electron chi connectivity index (χ0n) is 13.1. The van der Waals surface area contributed by atoms with Gasteiger partial charge in [-0.25, -0.2) is 4.39 Å². The van der Waals surface area contributed by atoms with E-state index in [2.05, 4.69) is 12.2 Å². The molecule has 0 bridgehead atoms. The van der Waals surface area contributed by atoms with Crippen molar-refractivity contribution in [1.29, 1.82) is 0 Å². The number of hydrogen-bond donors (Lipinski definition) is 1. The Morgan fingerprint density at radius 2 is 1.87 bits per heavy atom. The lowest BCUT2D eigenvalue weighted by Gasteiger charge is -2.32. The first-order valence-electron chi connectivity index (χ1n) is 7.69. The SMILES string of the molecule is CCNCC1CCN(Cc2ccc(F)cc2C(F)(F)F)CC1.Cl. The van der Waals surface area contributed by atoms with Gasteiger partial charge in [-0.05, 0) is 62.6 Å². The van der Waals surface area contributed by atoms with Crippen LogP contribution in [0.25, 0.3) is 0 Å². The van der Waals surface area contributed by atoms with Crippen molar-refractivity contribution in [3.05, 3.63) is 35.1 Å². The molecule has 2 nitrogen and oxygen atoms in total. The van der Waals surface area contributed by atoms with E-state index in [-0.39, 0.29) is 24.5 Å². The van der Waals surface area contributed by atoms with Gasteiger partial charge in [0, 0.05) is 6.54 Å². The van der Waals surface area contributed by atoms with Crippen LogP contribution in [0.1, 0.15) is 30.9 Å². The van der Waals surface area contributed by atoms with E-state index < -0.39 is 17.6 Å². The van der Waals surface area contributed by atoms with Gasteiger partial charge in [-0.1, -0.05) is 13.0 Å². The summed E-state index contributed by atoms with van der Waals surface area (Å²) in [4.78, 5) is 2.02. The standard InChI is InChI=1S/C16H22F4N2.ClH/c1-2-21-10-12-5-7-22(8-6-12)11-13-3-4-14(17)9-15(13)16(18,19)20;/h3-4,9,12,21H,2,5-8,10-11H2,1H3;1H. The highest BCUT2D eigenvalue weighted by molar-refractivity contribution is 5.85. The van der Waals surface area contributed by atoms with Gasteiger partial charge in [-0.3, -0.25) is 4.90 Å². The fraction of sp³-hybridized carbons (Fsp3) is 0.625. The Kier molecular flexibility index (Phi) is 7.77. The second-order valence-electron chi connectivity index (χ2n) is 5.83. The van der Waals surface area contributed by atoms with Gasteiger partial charge in [0.1, 0.15) is 5.82 Å². The number of nitrogens with one attached hydrogen (secondary N) is 1. The van der Waals surface area contributed by atoms with Crippen LogP contribution < -0.4 is 5.32 Å². The van der Waals surface area contributed by atoms with Crippen molar-refractivity contribution < 1.29 is 17.6 Å². The minimum absolute atomic E-state index is 0. The van der Waals surface area contributed by atoms with Crippen molar-refractivity contribution in [3.63, 3.8) is 0 Å². The maximum absolute atomic E-state index is 13.1. The van der Waals surface area contributed by atoms with E-state index in [1.54, 1.807) is 0 Å². The molecule has 1 aromatic carbocycles. The molecule has 1 saturated heterocycles. The van der Waals surface area contributed by atoms with Crippen LogP contribution in [0.5, 0.6) is 0 Å². The van der Waals surface area contributed by atoms with Crippen molar-refractivity contribution in [2.45, 2.75) is 32.5 Å². The molecule has 23 heavy (non-hydrogen) atoms. The lowest BCUT2D eigenvalue weighted by molar-refractivity contribution is -0.138. The van der Waals surface area contributed by atoms with Gasteiger partial charge in [0.05, 0.1) is 5.56 Å². The Morgan fingerprint density at radius 1 is 1.22 bits per heavy atom. The zero-order chi connectivity index (χ0) is 16.2. The highest BCUT2D eigenvalue weighted by Gasteiger charge is 2.34. The Bertz CT molecular complexity index is 485. The molecule has 0 spiro atoms. The van der Waals surface area contributed by atoms with E-state index in [0.29, 0.717) is 12.0 Å². The van der Waals surface area contributed by atoms with Crippen molar-refractivity contribution in [3.8, 4) is 0 Å². The Hall–Kier alpha value is -0.850. The highest BCUT2D eigenvalue weighted by atomic mass is 35.5. The Balaban J connectivity index is 0.00000264. The van der Waals surface area contributed by atoms with Crippen molar-refractivity contribution >= 4 is 12.4 Å². The third kappa shape index (κ3) is 5.94. The quantitative estimate of drug-likeness (QED) is 0.801. The van der Waals surface area contributed by atoms with Crippen LogP contribution in [0.3, 0.4) is 0 Å². The summed E-state index contributed by atoms with van der Waals surface area (Å²) in [5.74, 6) is -0.257. The van der Waals surface area contributed by atoms with Crippen LogP contribution in [0.2, 0.25) is 0 Å². The zero-order valence-corrected chi connectivity index (χ0v) is 13.9. The van der Waals surface area contributed by atoms with Gasteiger partial charge in [0.25, 0.3) is 0 Å². The van der Waals surface area contributed by atoms with Crippen LogP contribution in [0.15, 0.2) is 18.2 Å². The fourth-order valence-corrected chi connectivity index (χ4v) is 2.89. The van der Waals surface area contributed by atoms with Crippen LogP contribution in [0.4, 0.5) is 17.6 Å². The molecule has 0 aliphatic carbocycles. The number of alkyl halides is 3. The van der Waals surface area contributed by atoms with Crippen molar-refractivity contribution in [2.24, 2.45) is 5.92 Å². The molecule has 0 aromatic heterocycles. The number of halogens is 5. The smallest absolute Gasteiger partial charge is 0.317 e. The summed E-state index contributed by atoms with van der Waals surface area (Å²) in [7, 11) is 0. The first kappa shape index (κ1) is 20.2. The summed E-state index contributed by atoms with van der Waals surface area (Å²) >= 11 is 0. The molecular formula is C16H23ClF4N2. The van der Waals surface area contributed by atoms with Crippen LogP contribution in [0, 0.1) is 11.7 Å². The van der Waals surface area contributed by atoms with E-state index in [1.807, 2.05) is 4.90 Å². The van der Waals surface area contributed by atoms with E-state index in [9.17, 15) is 17.6 Å². The molecule has 1 aliphatic rings. The lowest BCUT2D eigenvalue weighted by atomic mass is 9.96. The molecule has 1 heterocycles. The second-order valence-corrected chi connectivity index (χ2v) is 5.83. The number of piperidine rings is 1. The van der Waals surface area contributed by atoms with E-state index >= 15 is 0 Å². The second kappa shape index (κ2) is 8.85. The van der Waals surface area contributed by atoms with E-state index in [0.717, 1.165) is 45.1 Å². The first-order valence-corrected chi connectivity index (χ1v) is 7.69. The molecule has 1 N–H and O–H groups in total. The molecule has 1 fully saturated rings. The van der Waals surface area contributed by atoms with Crippen molar-refractivity contribution in [1.82, 2.24) is 10.2 Å². The van der Waals surface area contributed by atoms with Crippen LogP contribution in [-0.2, 0) is 12.7 Å². The highest BCUT2D eigenvalue weighted by Crippen LogP contribution is 2.33. The molecule has 1 aromatic rings. The van der Waals surface area contributed by atoms with Gasteiger partial charge in [-0.15, -0.1) is 12.4 Å². The summed E-state index contributed by atoms with van der Waals surface area (Å²) in [6.45, 7) is 5.75. The summed E-state index contributed by atoms with van der Waals surface area (Å²) in [6, 6.07) is 2.94. The average molecular weight is 355 g/mol. The van der Waals surface area contributed by atoms with E-state index in [1.165, 1.54) is 6.07 Å². The topological polar surface area (TPSA) is 15.3 Å². The minimum Gasteiger partial charge on any atom is -0.317 e. The number of likely N-dealkylation sites (tertiary alicyclic amines) is 1. The average Bonchev–Trinajstić information content (AvgIpc) is 2.47. The third-order valence-electron chi connectivity index (χ3n) is 4.16. The van der Waals surface area contributed by atoms with Crippen LogP contribution >= 0.6 is 12.4 Å². The molecule has 7 heteroatoms. The maximum atomic E-state index is 13.1. The van der Waals surface area contributed by atoms with Gasteiger partial charge < -0.3 is 5.32 Å². The maximum Gasteiger partial charge on any atom is 0.416 e.